The molecule has 0 rings (SSSR count). The lowest BCUT2D eigenvalue weighted by molar-refractivity contribution is 0.00742. The van der Waals surface area contributed by atoms with Crippen LogP contribution in [0.5, 0.6) is 0 Å². The number of hydrogen-bond acceptors (Lipinski definition) is 3. The van der Waals surface area contributed by atoms with E-state index in [0.29, 0.717) is 12.1 Å². The first-order chi connectivity index (χ1) is 6.76. The van der Waals surface area contributed by atoms with E-state index in [4.69, 9.17) is 4.74 Å². The molecule has 0 aliphatic heterocycles. The normalized spacial score (nSPS) is 18.6. The summed E-state index contributed by atoms with van der Waals surface area (Å²) in [6.45, 7) is 10.2. The van der Waals surface area contributed by atoms with Crippen LogP contribution in [0.4, 0.5) is 0 Å². The van der Waals surface area contributed by atoms with E-state index in [1.54, 1.807) is 7.11 Å². The molecule has 0 aromatic carbocycles. The highest BCUT2D eigenvalue weighted by molar-refractivity contribution is 4.77. The van der Waals surface area contributed by atoms with Crippen LogP contribution < -0.4 is 5.32 Å². The monoisotopic (exact) mass is 217 g/mol. The highest BCUT2D eigenvalue weighted by Crippen LogP contribution is 2.15. The fraction of sp³-hybridized carbons (Fsp3) is 1.00. The molecule has 0 radical (unpaired) electrons. The second-order valence-corrected chi connectivity index (χ2v) is 5.22. The van der Waals surface area contributed by atoms with E-state index in [2.05, 4.69) is 33.0 Å². The van der Waals surface area contributed by atoms with E-state index in [1.807, 2.05) is 6.92 Å². The summed E-state index contributed by atoms with van der Waals surface area (Å²) in [5.74, 6) is 0. The minimum Gasteiger partial charge on any atom is -0.393 e. The lowest BCUT2D eigenvalue weighted by atomic mass is 9.99. The van der Waals surface area contributed by atoms with Gasteiger partial charge in [-0.3, -0.25) is 0 Å². The molecule has 0 bridgehead atoms. The Morgan fingerprint density at radius 3 is 2.13 bits per heavy atom. The van der Waals surface area contributed by atoms with Crippen LogP contribution in [0.2, 0.25) is 0 Å². The molecule has 0 amide bonds. The van der Waals surface area contributed by atoms with E-state index >= 15 is 0 Å². The number of aliphatic hydroxyl groups excluding tert-OH is 1. The number of rotatable bonds is 7. The lowest BCUT2D eigenvalue weighted by Crippen LogP contribution is -2.41. The Labute approximate surface area is 94.2 Å². The third kappa shape index (κ3) is 7.77. The molecule has 0 saturated heterocycles. The first-order valence-electron chi connectivity index (χ1n) is 5.76. The van der Waals surface area contributed by atoms with Crippen LogP contribution in [0.25, 0.3) is 0 Å². The Hall–Kier alpha value is -0.120. The third-order valence-electron chi connectivity index (χ3n) is 2.61. The maximum atomic E-state index is 9.25. The quantitative estimate of drug-likeness (QED) is 0.685. The molecule has 0 heterocycles. The Bertz CT molecular complexity index is 169. The van der Waals surface area contributed by atoms with Crippen LogP contribution in [0.3, 0.4) is 0 Å². The summed E-state index contributed by atoms with van der Waals surface area (Å²) in [4.78, 5) is 0. The van der Waals surface area contributed by atoms with Crippen LogP contribution in [-0.2, 0) is 4.74 Å². The zero-order valence-corrected chi connectivity index (χ0v) is 11.0. The lowest BCUT2D eigenvalue weighted by Gasteiger charge is -2.29. The van der Waals surface area contributed by atoms with Crippen molar-refractivity contribution in [2.45, 2.75) is 71.2 Å². The molecule has 92 valence electrons. The van der Waals surface area contributed by atoms with Crippen LogP contribution >= 0.6 is 0 Å². The first kappa shape index (κ1) is 14.9. The molecule has 3 heteroatoms. The van der Waals surface area contributed by atoms with Gasteiger partial charge in [0, 0.05) is 19.2 Å². The molecule has 0 aromatic rings. The van der Waals surface area contributed by atoms with Crippen molar-refractivity contribution in [3.8, 4) is 0 Å². The van der Waals surface area contributed by atoms with Gasteiger partial charge in [0.15, 0.2) is 0 Å². The van der Waals surface area contributed by atoms with Crippen LogP contribution in [0.15, 0.2) is 0 Å². The topological polar surface area (TPSA) is 41.5 Å². The standard InChI is InChI=1S/C12H27NO2/c1-9(7-11(3)14)13-10(2)8-12(4,5)15-6/h9-11,13-14H,7-8H2,1-6H3. The largest absolute Gasteiger partial charge is 0.393 e. The average Bonchev–Trinajstić information content (AvgIpc) is 2.00. The van der Waals surface area contributed by atoms with Gasteiger partial charge >= 0.3 is 0 Å². The SMILES string of the molecule is COC(C)(C)CC(C)NC(C)CC(C)O. The van der Waals surface area contributed by atoms with Crippen molar-refractivity contribution in [2.75, 3.05) is 7.11 Å². The molecule has 0 aromatic heterocycles. The molecule has 0 aliphatic rings. The highest BCUT2D eigenvalue weighted by Gasteiger charge is 2.21. The second kappa shape index (κ2) is 6.46. The van der Waals surface area contributed by atoms with Gasteiger partial charge in [-0.2, -0.15) is 0 Å². The van der Waals surface area contributed by atoms with E-state index < -0.39 is 0 Å². The highest BCUT2D eigenvalue weighted by atomic mass is 16.5. The molecule has 0 aliphatic carbocycles. The molecule has 0 fully saturated rings. The van der Waals surface area contributed by atoms with Crippen LogP contribution in [-0.4, -0.2) is 36.0 Å². The van der Waals surface area contributed by atoms with E-state index in [-0.39, 0.29) is 11.7 Å². The van der Waals surface area contributed by atoms with Crippen molar-refractivity contribution in [3.63, 3.8) is 0 Å². The molecule has 3 nitrogen and oxygen atoms in total. The Kier molecular flexibility index (Phi) is 6.41. The van der Waals surface area contributed by atoms with Gasteiger partial charge in [-0.05, 0) is 47.5 Å². The summed E-state index contributed by atoms with van der Waals surface area (Å²) in [6.07, 6.45) is 1.51. The zero-order chi connectivity index (χ0) is 12.1. The molecule has 3 atom stereocenters. The smallest absolute Gasteiger partial charge is 0.0637 e. The maximum absolute atomic E-state index is 9.25. The summed E-state index contributed by atoms with van der Waals surface area (Å²) < 4.78 is 5.38. The summed E-state index contributed by atoms with van der Waals surface area (Å²) >= 11 is 0. The summed E-state index contributed by atoms with van der Waals surface area (Å²) in [5.41, 5.74) is -0.0863. The molecular formula is C12H27NO2. The molecule has 0 saturated carbocycles. The van der Waals surface area contributed by atoms with Gasteiger partial charge in [0.05, 0.1) is 11.7 Å². The summed E-state index contributed by atoms with van der Waals surface area (Å²) in [5, 5.41) is 12.7. The number of hydrogen-bond donors (Lipinski definition) is 2. The fourth-order valence-electron chi connectivity index (χ4n) is 1.95. The third-order valence-corrected chi connectivity index (χ3v) is 2.61. The van der Waals surface area contributed by atoms with Gasteiger partial charge < -0.3 is 15.2 Å². The number of methoxy groups -OCH3 is 1. The predicted molar refractivity (Wildman–Crippen MR) is 64.1 cm³/mol. The van der Waals surface area contributed by atoms with Crippen molar-refractivity contribution < 1.29 is 9.84 Å². The van der Waals surface area contributed by atoms with Crippen molar-refractivity contribution in [1.82, 2.24) is 5.32 Å². The van der Waals surface area contributed by atoms with Gasteiger partial charge in [-0.15, -0.1) is 0 Å². The Balaban J connectivity index is 3.87. The maximum Gasteiger partial charge on any atom is 0.0637 e. The van der Waals surface area contributed by atoms with E-state index in [0.717, 1.165) is 12.8 Å². The van der Waals surface area contributed by atoms with Crippen LogP contribution in [0.1, 0.15) is 47.5 Å². The minimum atomic E-state index is -0.241. The molecule has 2 N–H and O–H groups in total. The predicted octanol–water partition coefficient (Wildman–Crippen LogP) is 1.94. The van der Waals surface area contributed by atoms with Gasteiger partial charge in [0.2, 0.25) is 0 Å². The molecule has 15 heavy (non-hydrogen) atoms. The minimum absolute atomic E-state index is 0.0863. The van der Waals surface area contributed by atoms with Gasteiger partial charge in [-0.25, -0.2) is 0 Å². The number of aliphatic hydroxyl groups is 1. The molecular weight excluding hydrogens is 190 g/mol. The number of ether oxygens (including phenoxy) is 1. The van der Waals surface area contributed by atoms with Crippen molar-refractivity contribution in [3.05, 3.63) is 0 Å². The van der Waals surface area contributed by atoms with E-state index in [1.165, 1.54) is 0 Å². The molecule has 3 unspecified atom stereocenters. The van der Waals surface area contributed by atoms with Gasteiger partial charge in [-0.1, -0.05) is 0 Å². The van der Waals surface area contributed by atoms with Gasteiger partial charge in [0.1, 0.15) is 0 Å². The Morgan fingerprint density at radius 1 is 1.20 bits per heavy atom. The zero-order valence-electron chi connectivity index (χ0n) is 11.0. The van der Waals surface area contributed by atoms with Crippen LogP contribution in [0, 0.1) is 0 Å². The molecule has 0 spiro atoms. The van der Waals surface area contributed by atoms with Crippen molar-refractivity contribution in [2.24, 2.45) is 0 Å². The van der Waals surface area contributed by atoms with Crippen molar-refractivity contribution in [1.29, 1.82) is 0 Å². The second-order valence-electron chi connectivity index (χ2n) is 5.22. The first-order valence-corrected chi connectivity index (χ1v) is 5.76. The number of nitrogens with one attached hydrogen (secondary N) is 1. The van der Waals surface area contributed by atoms with Crippen molar-refractivity contribution >= 4 is 0 Å². The fourth-order valence-corrected chi connectivity index (χ4v) is 1.95. The average molecular weight is 217 g/mol. The van der Waals surface area contributed by atoms with Gasteiger partial charge in [0.25, 0.3) is 0 Å². The Morgan fingerprint density at radius 2 is 1.73 bits per heavy atom. The summed E-state index contributed by atoms with van der Waals surface area (Å²) in [7, 11) is 1.74. The van der Waals surface area contributed by atoms with E-state index in [9.17, 15) is 5.11 Å². The summed E-state index contributed by atoms with van der Waals surface area (Å²) in [6, 6.07) is 0.737.